The predicted octanol–water partition coefficient (Wildman–Crippen LogP) is 2.52. The second kappa shape index (κ2) is 4.36. The van der Waals surface area contributed by atoms with Crippen LogP contribution >= 0.6 is 0 Å². The van der Waals surface area contributed by atoms with E-state index in [2.05, 4.69) is 24.3 Å². The maximum Gasteiger partial charge on any atom is 0.0747 e. The molecule has 2 atom stereocenters. The van der Waals surface area contributed by atoms with Crippen LogP contribution in [-0.4, -0.2) is 17.3 Å². The molecule has 2 nitrogen and oxygen atoms in total. The van der Waals surface area contributed by atoms with E-state index in [0.717, 1.165) is 38.5 Å². The molecule has 0 amide bonds. The molecule has 0 aromatic heterocycles. The molecular formula is C16H23NO. The van der Waals surface area contributed by atoms with Gasteiger partial charge in [-0.2, -0.15) is 0 Å². The van der Waals surface area contributed by atoms with Gasteiger partial charge >= 0.3 is 0 Å². The summed E-state index contributed by atoms with van der Waals surface area (Å²) in [5, 5.41) is 11.2. The molecule has 1 aromatic rings. The van der Waals surface area contributed by atoms with Gasteiger partial charge in [0, 0.05) is 5.41 Å². The highest BCUT2D eigenvalue weighted by atomic mass is 16.3. The lowest BCUT2D eigenvalue weighted by Gasteiger charge is -2.54. The van der Waals surface area contributed by atoms with Crippen LogP contribution in [0.5, 0.6) is 0 Å². The molecular weight excluding hydrogens is 222 g/mol. The zero-order valence-electron chi connectivity index (χ0n) is 11.0. The van der Waals surface area contributed by atoms with Gasteiger partial charge < -0.3 is 10.8 Å². The summed E-state index contributed by atoms with van der Waals surface area (Å²) in [6.45, 7) is 0.663. The second-order valence-corrected chi connectivity index (χ2v) is 6.02. The van der Waals surface area contributed by atoms with Gasteiger partial charge in [-0.15, -0.1) is 0 Å². The van der Waals surface area contributed by atoms with Crippen molar-refractivity contribution in [3.63, 3.8) is 0 Å². The Morgan fingerprint density at radius 1 is 1.11 bits per heavy atom. The van der Waals surface area contributed by atoms with E-state index in [9.17, 15) is 5.11 Å². The van der Waals surface area contributed by atoms with Crippen molar-refractivity contribution in [2.24, 2.45) is 5.73 Å². The van der Waals surface area contributed by atoms with E-state index in [-0.39, 0.29) is 5.41 Å². The minimum absolute atomic E-state index is 0.0746. The van der Waals surface area contributed by atoms with Gasteiger partial charge in [0.2, 0.25) is 0 Å². The molecule has 0 radical (unpaired) electrons. The van der Waals surface area contributed by atoms with E-state index in [1.807, 2.05) is 0 Å². The highest BCUT2D eigenvalue weighted by Crippen LogP contribution is 2.54. The molecule has 3 N–H and O–H groups in total. The molecule has 1 saturated carbocycles. The average molecular weight is 245 g/mol. The maximum absolute atomic E-state index is 11.2. The van der Waals surface area contributed by atoms with Crippen LogP contribution in [0.25, 0.3) is 0 Å². The van der Waals surface area contributed by atoms with E-state index in [1.165, 1.54) is 17.5 Å². The Kier molecular flexibility index (Phi) is 2.95. The molecule has 98 valence electrons. The number of rotatable bonds is 2. The van der Waals surface area contributed by atoms with Gasteiger partial charge in [0.05, 0.1) is 5.60 Å². The van der Waals surface area contributed by atoms with Crippen molar-refractivity contribution in [3.8, 4) is 0 Å². The minimum atomic E-state index is -0.515. The third kappa shape index (κ3) is 1.55. The SMILES string of the molecule is NCC[C@@]12CCCC[C@]1(O)CCc1ccccc12. The number of benzene rings is 1. The zero-order chi connectivity index (χ0) is 12.6. The predicted molar refractivity (Wildman–Crippen MR) is 73.5 cm³/mol. The summed E-state index contributed by atoms with van der Waals surface area (Å²) >= 11 is 0. The Morgan fingerprint density at radius 3 is 2.72 bits per heavy atom. The zero-order valence-corrected chi connectivity index (χ0v) is 11.0. The fraction of sp³-hybridized carbons (Fsp3) is 0.625. The second-order valence-electron chi connectivity index (χ2n) is 6.02. The van der Waals surface area contributed by atoms with Crippen LogP contribution in [0.2, 0.25) is 0 Å². The Bertz CT molecular complexity index is 440. The Labute approximate surface area is 109 Å². The molecule has 0 bridgehead atoms. The van der Waals surface area contributed by atoms with E-state index < -0.39 is 5.60 Å². The van der Waals surface area contributed by atoms with Crippen LogP contribution in [0.15, 0.2) is 24.3 Å². The molecule has 1 aromatic carbocycles. The molecule has 2 aliphatic carbocycles. The molecule has 3 rings (SSSR count). The first-order valence-electron chi connectivity index (χ1n) is 7.23. The number of nitrogens with two attached hydrogens (primary N) is 1. The molecule has 2 heteroatoms. The highest BCUT2D eigenvalue weighted by molar-refractivity contribution is 5.41. The van der Waals surface area contributed by atoms with Gasteiger partial charge in [-0.3, -0.25) is 0 Å². The van der Waals surface area contributed by atoms with Crippen molar-refractivity contribution in [1.82, 2.24) is 0 Å². The summed E-state index contributed by atoms with van der Waals surface area (Å²) < 4.78 is 0. The number of aliphatic hydroxyl groups is 1. The van der Waals surface area contributed by atoms with Gasteiger partial charge in [-0.05, 0) is 49.8 Å². The summed E-state index contributed by atoms with van der Waals surface area (Å²) in [5.74, 6) is 0. The normalized spacial score (nSPS) is 34.8. The lowest BCUT2D eigenvalue weighted by atomic mass is 9.53. The average Bonchev–Trinajstić information content (AvgIpc) is 2.40. The van der Waals surface area contributed by atoms with E-state index in [4.69, 9.17) is 5.73 Å². The minimum Gasteiger partial charge on any atom is -0.389 e. The lowest BCUT2D eigenvalue weighted by Crippen LogP contribution is -2.57. The molecule has 0 heterocycles. The lowest BCUT2D eigenvalue weighted by molar-refractivity contribution is -0.0862. The number of aryl methyl sites for hydroxylation is 1. The third-order valence-corrected chi connectivity index (χ3v) is 5.25. The molecule has 18 heavy (non-hydrogen) atoms. The van der Waals surface area contributed by atoms with E-state index >= 15 is 0 Å². The smallest absolute Gasteiger partial charge is 0.0747 e. The molecule has 0 unspecified atom stereocenters. The van der Waals surface area contributed by atoms with Gasteiger partial charge in [-0.1, -0.05) is 37.1 Å². The molecule has 2 aliphatic rings. The molecule has 0 spiro atoms. The maximum atomic E-state index is 11.2. The highest BCUT2D eigenvalue weighted by Gasteiger charge is 2.54. The van der Waals surface area contributed by atoms with Crippen molar-refractivity contribution in [2.75, 3.05) is 6.54 Å². The first kappa shape index (κ1) is 12.2. The fourth-order valence-electron chi connectivity index (χ4n) is 4.35. The number of hydrogen-bond acceptors (Lipinski definition) is 2. The van der Waals surface area contributed by atoms with Crippen LogP contribution in [0.1, 0.15) is 49.7 Å². The van der Waals surface area contributed by atoms with Gasteiger partial charge in [0.1, 0.15) is 0 Å². The van der Waals surface area contributed by atoms with Crippen molar-refractivity contribution in [3.05, 3.63) is 35.4 Å². The van der Waals surface area contributed by atoms with Crippen LogP contribution < -0.4 is 5.73 Å². The van der Waals surface area contributed by atoms with Crippen LogP contribution in [0, 0.1) is 0 Å². The molecule has 1 fully saturated rings. The summed E-state index contributed by atoms with van der Waals surface area (Å²) in [4.78, 5) is 0. The quantitative estimate of drug-likeness (QED) is 0.841. The summed E-state index contributed by atoms with van der Waals surface area (Å²) in [6, 6.07) is 8.67. The third-order valence-electron chi connectivity index (χ3n) is 5.25. The topological polar surface area (TPSA) is 46.2 Å². The number of fused-ring (bicyclic) bond motifs is 3. The Hall–Kier alpha value is -0.860. The van der Waals surface area contributed by atoms with E-state index in [0.29, 0.717) is 6.54 Å². The molecule has 0 aliphatic heterocycles. The van der Waals surface area contributed by atoms with Gasteiger partial charge in [0.15, 0.2) is 0 Å². The van der Waals surface area contributed by atoms with Crippen LogP contribution in [0.4, 0.5) is 0 Å². The standard InChI is InChI=1S/C16H23NO/c17-12-11-15-8-3-4-9-16(15,18)10-7-13-5-1-2-6-14(13)15/h1-2,5-6,18H,3-4,7-12,17H2/t15-,16+/m1/s1. The van der Waals surface area contributed by atoms with Crippen LogP contribution in [-0.2, 0) is 11.8 Å². The summed E-state index contributed by atoms with van der Waals surface area (Å²) in [7, 11) is 0. The number of hydrogen-bond donors (Lipinski definition) is 2. The van der Waals surface area contributed by atoms with Crippen molar-refractivity contribution < 1.29 is 5.11 Å². The van der Waals surface area contributed by atoms with Crippen molar-refractivity contribution >= 4 is 0 Å². The largest absolute Gasteiger partial charge is 0.389 e. The monoisotopic (exact) mass is 245 g/mol. The van der Waals surface area contributed by atoms with E-state index in [1.54, 1.807) is 0 Å². The molecule has 0 saturated heterocycles. The van der Waals surface area contributed by atoms with Crippen molar-refractivity contribution in [1.29, 1.82) is 0 Å². The fourth-order valence-corrected chi connectivity index (χ4v) is 4.35. The van der Waals surface area contributed by atoms with Crippen molar-refractivity contribution in [2.45, 2.75) is 56.0 Å². The summed E-state index contributed by atoms with van der Waals surface area (Å²) in [6.07, 6.45) is 7.25. The van der Waals surface area contributed by atoms with Crippen LogP contribution in [0.3, 0.4) is 0 Å². The van der Waals surface area contributed by atoms with Gasteiger partial charge in [0.25, 0.3) is 0 Å². The first-order chi connectivity index (χ1) is 8.72. The summed E-state index contributed by atoms with van der Waals surface area (Å²) in [5.41, 5.74) is 8.08. The Balaban J connectivity index is 2.15. The first-order valence-corrected chi connectivity index (χ1v) is 7.23. The van der Waals surface area contributed by atoms with Gasteiger partial charge in [-0.25, -0.2) is 0 Å². The Morgan fingerprint density at radius 2 is 1.89 bits per heavy atom.